The van der Waals surface area contributed by atoms with Gasteiger partial charge in [-0.05, 0) is 49.3 Å². The molecule has 5 heteroatoms. The number of aliphatic imine (C=N–C) groups is 1. The molecule has 1 aliphatic carbocycles. The van der Waals surface area contributed by atoms with E-state index in [9.17, 15) is 0 Å². The van der Waals surface area contributed by atoms with Gasteiger partial charge in [-0.1, -0.05) is 12.1 Å². The number of guanidine groups is 1. The fourth-order valence-corrected chi connectivity index (χ4v) is 2.34. The summed E-state index contributed by atoms with van der Waals surface area (Å²) in [6, 6.07) is 6.33. The molecule has 0 aromatic heterocycles. The number of methoxy groups -OCH3 is 1. The number of nitrogens with one attached hydrogen (secondary N) is 2. The molecule has 0 radical (unpaired) electrons. The maximum atomic E-state index is 5.60. The summed E-state index contributed by atoms with van der Waals surface area (Å²) < 4.78 is 11.0. The van der Waals surface area contributed by atoms with Crippen LogP contribution in [-0.2, 0) is 11.2 Å². The number of rotatable bonds is 9. The Morgan fingerprint density at radius 3 is 2.74 bits per heavy atom. The van der Waals surface area contributed by atoms with Crippen molar-refractivity contribution < 1.29 is 9.47 Å². The Balaban J connectivity index is 1.62. The summed E-state index contributed by atoms with van der Waals surface area (Å²) >= 11 is 0. The second-order valence-electron chi connectivity index (χ2n) is 6.00. The van der Waals surface area contributed by atoms with Gasteiger partial charge in [-0.25, -0.2) is 0 Å². The summed E-state index contributed by atoms with van der Waals surface area (Å²) in [6.07, 6.45) is 3.59. The predicted octanol–water partition coefficient (Wildman–Crippen LogP) is 2.14. The quantitative estimate of drug-likeness (QED) is 0.416. The van der Waals surface area contributed by atoms with Crippen molar-refractivity contribution in [2.45, 2.75) is 26.2 Å². The second-order valence-corrected chi connectivity index (χ2v) is 6.00. The van der Waals surface area contributed by atoms with Crippen molar-refractivity contribution in [2.75, 3.05) is 40.5 Å². The molecule has 1 aliphatic rings. The molecule has 23 heavy (non-hydrogen) atoms. The first-order chi connectivity index (χ1) is 11.2. The van der Waals surface area contributed by atoms with E-state index in [2.05, 4.69) is 40.7 Å². The molecular formula is C18H29N3O2. The van der Waals surface area contributed by atoms with Gasteiger partial charge in [0.25, 0.3) is 0 Å². The average molecular weight is 319 g/mol. The van der Waals surface area contributed by atoms with Crippen LogP contribution in [0.15, 0.2) is 23.2 Å². The van der Waals surface area contributed by atoms with Crippen LogP contribution >= 0.6 is 0 Å². The molecule has 2 N–H and O–H groups in total. The first kappa shape index (κ1) is 17.6. The van der Waals surface area contributed by atoms with E-state index in [1.165, 1.54) is 18.4 Å². The lowest BCUT2D eigenvalue weighted by Crippen LogP contribution is -2.39. The SMILES string of the molecule is CN=C(NCCOCC1CC1)NCCc1ccc(C)c(OC)c1. The molecule has 2 rings (SSSR count). The molecule has 1 fully saturated rings. The Labute approximate surface area is 139 Å². The molecule has 0 bridgehead atoms. The fraction of sp³-hybridized carbons (Fsp3) is 0.611. The third-order valence-corrected chi connectivity index (χ3v) is 3.99. The van der Waals surface area contributed by atoms with E-state index < -0.39 is 0 Å². The number of hydrogen-bond donors (Lipinski definition) is 2. The van der Waals surface area contributed by atoms with E-state index in [-0.39, 0.29) is 0 Å². The summed E-state index contributed by atoms with van der Waals surface area (Å²) in [5.74, 6) is 2.58. The molecular weight excluding hydrogens is 290 g/mol. The van der Waals surface area contributed by atoms with Crippen LogP contribution in [0.1, 0.15) is 24.0 Å². The molecule has 0 spiro atoms. The molecule has 1 aromatic carbocycles. The van der Waals surface area contributed by atoms with E-state index in [1.54, 1.807) is 14.2 Å². The topological polar surface area (TPSA) is 54.9 Å². The minimum absolute atomic E-state index is 0.729. The van der Waals surface area contributed by atoms with Crippen molar-refractivity contribution in [3.05, 3.63) is 29.3 Å². The third kappa shape index (κ3) is 6.48. The molecule has 5 nitrogen and oxygen atoms in total. The van der Waals surface area contributed by atoms with Crippen LogP contribution in [0.25, 0.3) is 0 Å². The highest BCUT2D eigenvalue weighted by Gasteiger charge is 2.20. The maximum absolute atomic E-state index is 5.60. The van der Waals surface area contributed by atoms with E-state index in [0.717, 1.165) is 55.9 Å². The molecule has 0 atom stereocenters. The monoisotopic (exact) mass is 319 g/mol. The van der Waals surface area contributed by atoms with Gasteiger partial charge in [0.1, 0.15) is 5.75 Å². The zero-order valence-electron chi connectivity index (χ0n) is 14.5. The largest absolute Gasteiger partial charge is 0.496 e. The number of nitrogens with zero attached hydrogens (tertiary/aromatic N) is 1. The average Bonchev–Trinajstić information content (AvgIpc) is 3.38. The third-order valence-electron chi connectivity index (χ3n) is 3.99. The molecule has 0 aliphatic heterocycles. The van der Waals surface area contributed by atoms with Gasteiger partial charge < -0.3 is 20.1 Å². The molecule has 0 unspecified atom stereocenters. The van der Waals surface area contributed by atoms with Gasteiger partial charge in [0.15, 0.2) is 5.96 Å². The van der Waals surface area contributed by atoms with Crippen LogP contribution in [0, 0.1) is 12.8 Å². The molecule has 0 heterocycles. The fourth-order valence-electron chi connectivity index (χ4n) is 2.34. The van der Waals surface area contributed by atoms with Crippen molar-refractivity contribution in [1.82, 2.24) is 10.6 Å². The van der Waals surface area contributed by atoms with Crippen LogP contribution in [0.4, 0.5) is 0 Å². The highest BCUT2D eigenvalue weighted by Crippen LogP contribution is 2.28. The Kier molecular flexibility index (Phi) is 7.20. The van der Waals surface area contributed by atoms with Gasteiger partial charge in [0, 0.05) is 26.7 Å². The van der Waals surface area contributed by atoms with Gasteiger partial charge in [0.05, 0.1) is 13.7 Å². The van der Waals surface area contributed by atoms with Crippen molar-refractivity contribution in [1.29, 1.82) is 0 Å². The molecule has 128 valence electrons. The van der Waals surface area contributed by atoms with Crippen LogP contribution in [0.5, 0.6) is 5.75 Å². The summed E-state index contributed by atoms with van der Waals surface area (Å²) in [6.45, 7) is 5.30. The maximum Gasteiger partial charge on any atom is 0.191 e. The Morgan fingerprint density at radius 2 is 2.04 bits per heavy atom. The van der Waals surface area contributed by atoms with E-state index in [0.29, 0.717) is 0 Å². The lowest BCUT2D eigenvalue weighted by molar-refractivity contribution is 0.129. The lowest BCUT2D eigenvalue weighted by Gasteiger charge is -2.12. The Hall–Kier alpha value is -1.75. The minimum Gasteiger partial charge on any atom is -0.496 e. The van der Waals surface area contributed by atoms with Crippen LogP contribution in [0.2, 0.25) is 0 Å². The number of aryl methyl sites for hydroxylation is 1. The van der Waals surface area contributed by atoms with Crippen molar-refractivity contribution in [3.63, 3.8) is 0 Å². The molecule has 0 amide bonds. The minimum atomic E-state index is 0.729. The highest BCUT2D eigenvalue weighted by molar-refractivity contribution is 5.79. The first-order valence-electron chi connectivity index (χ1n) is 8.38. The van der Waals surface area contributed by atoms with Crippen molar-refractivity contribution in [3.8, 4) is 5.75 Å². The van der Waals surface area contributed by atoms with Gasteiger partial charge in [-0.3, -0.25) is 4.99 Å². The normalized spacial score (nSPS) is 14.7. The van der Waals surface area contributed by atoms with E-state index in [4.69, 9.17) is 9.47 Å². The zero-order chi connectivity index (χ0) is 16.5. The first-order valence-corrected chi connectivity index (χ1v) is 8.38. The summed E-state index contributed by atoms with van der Waals surface area (Å²) in [4.78, 5) is 4.23. The molecule has 1 saturated carbocycles. The van der Waals surface area contributed by atoms with Gasteiger partial charge in [-0.2, -0.15) is 0 Å². The van der Waals surface area contributed by atoms with E-state index in [1.807, 2.05) is 0 Å². The van der Waals surface area contributed by atoms with Gasteiger partial charge in [-0.15, -0.1) is 0 Å². The molecule has 0 saturated heterocycles. The van der Waals surface area contributed by atoms with Crippen LogP contribution in [-0.4, -0.2) is 46.4 Å². The Bertz CT molecular complexity index is 513. The number of ether oxygens (including phenoxy) is 2. The van der Waals surface area contributed by atoms with Gasteiger partial charge >= 0.3 is 0 Å². The van der Waals surface area contributed by atoms with Crippen molar-refractivity contribution >= 4 is 5.96 Å². The second kappa shape index (κ2) is 9.40. The molecule has 1 aromatic rings. The highest BCUT2D eigenvalue weighted by atomic mass is 16.5. The number of benzene rings is 1. The predicted molar refractivity (Wildman–Crippen MR) is 94.3 cm³/mol. The summed E-state index contributed by atoms with van der Waals surface area (Å²) in [7, 11) is 3.50. The smallest absolute Gasteiger partial charge is 0.191 e. The Morgan fingerprint density at radius 1 is 1.26 bits per heavy atom. The standard InChI is InChI=1S/C18H29N3O2/c1-14-4-5-15(12-17(14)22-3)8-9-20-18(19-2)21-10-11-23-13-16-6-7-16/h4-5,12,16H,6-11,13H2,1-3H3,(H2,19,20,21). The summed E-state index contributed by atoms with van der Waals surface area (Å²) in [5.41, 5.74) is 2.41. The van der Waals surface area contributed by atoms with E-state index >= 15 is 0 Å². The number of hydrogen-bond acceptors (Lipinski definition) is 3. The van der Waals surface area contributed by atoms with Crippen molar-refractivity contribution in [2.24, 2.45) is 10.9 Å². The zero-order valence-corrected chi connectivity index (χ0v) is 14.5. The van der Waals surface area contributed by atoms with Crippen LogP contribution < -0.4 is 15.4 Å². The van der Waals surface area contributed by atoms with Crippen LogP contribution in [0.3, 0.4) is 0 Å². The lowest BCUT2D eigenvalue weighted by atomic mass is 10.1. The van der Waals surface area contributed by atoms with Gasteiger partial charge in [0.2, 0.25) is 0 Å². The summed E-state index contributed by atoms with van der Waals surface area (Å²) in [5, 5.41) is 6.60.